The highest BCUT2D eigenvalue weighted by Crippen LogP contribution is 2.30. The number of aliphatic hydroxyl groups is 1. The molecule has 2 N–H and O–H groups in total. The molecular weight excluding hydrogens is 310 g/mol. The van der Waals surface area contributed by atoms with E-state index in [1.165, 1.54) is 50.0 Å². The first-order chi connectivity index (χ1) is 12.3. The molecule has 1 aromatic rings. The highest BCUT2D eigenvalue weighted by molar-refractivity contribution is 5.52. The molecule has 0 saturated carbocycles. The summed E-state index contributed by atoms with van der Waals surface area (Å²) in [6, 6.07) is 10.3. The van der Waals surface area contributed by atoms with Crippen molar-refractivity contribution in [3.05, 3.63) is 29.8 Å². The first kappa shape index (κ1) is 17.3. The number of benzene rings is 1. The molecule has 0 bridgehead atoms. The lowest BCUT2D eigenvalue weighted by atomic mass is 9.96. The van der Waals surface area contributed by atoms with Gasteiger partial charge in [0.1, 0.15) is 0 Å². The molecule has 2 atom stereocenters. The van der Waals surface area contributed by atoms with Crippen molar-refractivity contribution in [3.63, 3.8) is 0 Å². The maximum atomic E-state index is 9.33. The third-order valence-corrected chi connectivity index (χ3v) is 6.56. The first-order valence-corrected chi connectivity index (χ1v) is 10.2. The number of rotatable bonds is 5. The molecule has 3 heterocycles. The van der Waals surface area contributed by atoms with Gasteiger partial charge in [-0.1, -0.05) is 18.2 Å². The molecule has 4 nitrogen and oxygen atoms in total. The maximum absolute atomic E-state index is 9.33. The summed E-state index contributed by atoms with van der Waals surface area (Å²) in [6.45, 7) is 6.19. The highest BCUT2D eigenvalue weighted by Gasteiger charge is 2.31. The standard InChI is InChI=1S/C21H33N3O/c25-16-17-7-11-23(12-8-17)15-18-4-1-2-6-21(18)22-19-9-13-24-10-3-5-20(24)14-19/h1-2,4,6,17,19-20,22,25H,3,5,7-16H2. The Labute approximate surface area is 152 Å². The number of anilines is 1. The largest absolute Gasteiger partial charge is 0.396 e. The van der Waals surface area contributed by atoms with Crippen LogP contribution in [0.2, 0.25) is 0 Å². The summed E-state index contributed by atoms with van der Waals surface area (Å²) in [5.41, 5.74) is 2.77. The van der Waals surface area contributed by atoms with E-state index in [0.717, 1.165) is 38.5 Å². The van der Waals surface area contributed by atoms with Gasteiger partial charge in [0.05, 0.1) is 0 Å². The van der Waals surface area contributed by atoms with Crippen LogP contribution in [0.3, 0.4) is 0 Å². The molecule has 4 heteroatoms. The minimum absolute atomic E-state index is 0.353. The fourth-order valence-electron chi connectivity index (χ4n) is 4.94. The molecule has 3 aliphatic heterocycles. The molecule has 2 unspecified atom stereocenters. The van der Waals surface area contributed by atoms with Crippen LogP contribution in [-0.4, -0.2) is 59.8 Å². The number of hydrogen-bond acceptors (Lipinski definition) is 4. The molecule has 4 rings (SSSR count). The number of para-hydroxylation sites is 1. The minimum atomic E-state index is 0.353. The zero-order chi connectivity index (χ0) is 17.1. The van der Waals surface area contributed by atoms with Gasteiger partial charge in [0.2, 0.25) is 0 Å². The van der Waals surface area contributed by atoms with E-state index < -0.39 is 0 Å². The van der Waals surface area contributed by atoms with E-state index in [0.29, 0.717) is 18.6 Å². The van der Waals surface area contributed by atoms with Crippen molar-refractivity contribution in [3.8, 4) is 0 Å². The van der Waals surface area contributed by atoms with E-state index in [4.69, 9.17) is 0 Å². The van der Waals surface area contributed by atoms with Gasteiger partial charge in [0, 0.05) is 37.5 Å². The summed E-state index contributed by atoms with van der Waals surface area (Å²) in [4.78, 5) is 5.24. The van der Waals surface area contributed by atoms with Gasteiger partial charge in [0.15, 0.2) is 0 Å². The Kier molecular flexibility index (Phi) is 5.59. The molecule has 1 aromatic carbocycles. The van der Waals surface area contributed by atoms with Crippen LogP contribution in [0.15, 0.2) is 24.3 Å². The second-order valence-corrected chi connectivity index (χ2v) is 8.26. The predicted octanol–water partition coefficient (Wildman–Crippen LogP) is 2.93. The summed E-state index contributed by atoms with van der Waals surface area (Å²) >= 11 is 0. The molecule has 0 aromatic heterocycles. The van der Waals surface area contributed by atoms with Crippen LogP contribution in [0, 0.1) is 5.92 Å². The molecule has 0 radical (unpaired) electrons. The number of nitrogens with one attached hydrogen (secondary N) is 1. The first-order valence-electron chi connectivity index (χ1n) is 10.2. The molecule has 25 heavy (non-hydrogen) atoms. The second-order valence-electron chi connectivity index (χ2n) is 8.26. The van der Waals surface area contributed by atoms with Crippen molar-refractivity contribution in [2.45, 2.75) is 57.2 Å². The van der Waals surface area contributed by atoms with Crippen LogP contribution in [0.4, 0.5) is 5.69 Å². The Balaban J connectivity index is 1.36. The summed E-state index contributed by atoms with van der Waals surface area (Å²) in [5.74, 6) is 0.515. The van der Waals surface area contributed by atoms with Gasteiger partial charge in [-0.05, 0) is 75.7 Å². The number of fused-ring (bicyclic) bond motifs is 1. The zero-order valence-electron chi connectivity index (χ0n) is 15.4. The third-order valence-electron chi connectivity index (χ3n) is 6.56. The van der Waals surface area contributed by atoms with Crippen molar-refractivity contribution >= 4 is 5.69 Å². The molecule has 138 valence electrons. The second kappa shape index (κ2) is 8.07. The number of likely N-dealkylation sites (tertiary alicyclic amines) is 1. The van der Waals surface area contributed by atoms with E-state index in [1.54, 1.807) is 0 Å². The van der Waals surface area contributed by atoms with Crippen molar-refractivity contribution in [2.24, 2.45) is 5.92 Å². The van der Waals surface area contributed by atoms with Crippen molar-refractivity contribution < 1.29 is 5.11 Å². The molecule has 3 saturated heterocycles. The zero-order valence-corrected chi connectivity index (χ0v) is 15.4. The summed E-state index contributed by atoms with van der Waals surface area (Å²) in [5, 5.41) is 13.2. The molecule has 3 aliphatic rings. The average molecular weight is 344 g/mol. The lowest BCUT2D eigenvalue weighted by molar-refractivity contribution is 0.127. The minimum Gasteiger partial charge on any atom is -0.396 e. The van der Waals surface area contributed by atoms with E-state index in [9.17, 15) is 5.11 Å². The number of nitrogens with zero attached hydrogens (tertiary/aromatic N) is 2. The molecule has 3 fully saturated rings. The van der Waals surface area contributed by atoms with Gasteiger partial charge in [-0.15, -0.1) is 0 Å². The summed E-state index contributed by atoms with van der Waals surface area (Å²) in [6.07, 6.45) is 7.61. The van der Waals surface area contributed by atoms with Gasteiger partial charge < -0.3 is 15.3 Å². The fraction of sp³-hybridized carbons (Fsp3) is 0.714. The maximum Gasteiger partial charge on any atom is 0.0460 e. The Hall–Kier alpha value is -1.10. The Bertz CT molecular complexity index is 556. The monoisotopic (exact) mass is 343 g/mol. The van der Waals surface area contributed by atoms with Gasteiger partial charge in [-0.3, -0.25) is 4.90 Å². The SMILES string of the molecule is OCC1CCN(Cc2ccccc2NC2CCN3CCCC3C2)CC1. The predicted molar refractivity (Wildman–Crippen MR) is 103 cm³/mol. The van der Waals surface area contributed by atoms with Crippen LogP contribution in [0.1, 0.15) is 44.1 Å². The summed E-state index contributed by atoms with van der Waals surface area (Å²) < 4.78 is 0. The number of hydrogen-bond donors (Lipinski definition) is 2. The van der Waals surface area contributed by atoms with E-state index in [1.807, 2.05) is 0 Å². The van der Waals surface area contributed by atoms with Crippen LogP contribution in [0.25, 0.3) is 0 Å². The van der Waals surface area contributed by atoms with Gasteiger partial charge in [0.25, 0.3) is 0 Å². The topological polar surface area (TPSA) is 38.7 Å². The van der Waals surface area contributed by atoms with Crippen LogP contribution in [0.5, 0.6) is 0 Å². The van der Waals surface area contributed by atoms with E-state index >= 15 is 0 Å². The van der Waals surface area contributed by atoms with Gasteiger partial charge >= 0.3 is 0 Å². The van der Waals surface area contributed by atoms with E-state index in [-0.39, 0.29) is 0 Å². The van der Waals surface area contributed by atoms with Crippen molar-refractivity contribution in [2.75, 3.05) is 38.1 Å². The molecule has 0 spiro atoms. The molecule has 0 aliphatic carbocycles. The van der Waals surface area contributed by atoms with Crippen molar-refractivity contribution in [1.82, 2.24) is 9.80 Å². The smallest absolute Gasteiger partial charge is 0.0460 e. The Morgan fingerprint density at radius 1 is 1.00 bits per heavy atom. The van der Waals surface area contributed by atoms with Crippen LogP contribution in [-0.2, 0) is 6.54 Å². The van der Waals surface area contributed by atoms with Gasteiger partial charge in [-0.25, -0.2) is 0 Å². The third kappa shape index (κ3) is 4.18. The van der Waals surface area contributed by atoms with Gasteiger partial charge in [-0.2, -0.15) is 0 Å². The normalized spacial score (nSPS) is 28.8. The number of aliphatic hydroxyl groups excluding tert-OH is 1. The van der Waals surface area contributed by atoms with Crippen LogP contribution >= 0.6 is 0 Å². The lowest BCUT2D eigenvalue weighted by Crippen LogP contribution is -2.43. The summed E-state index contributed by atoms with van der Waals surface area (Å²) in [7, 11) is 0. The quantitative estimate of drug-likeness (QED) is 0.862. The lowest BCUT2D eigenvalue weighted by Gasteiger charge is -2.36. The molecular formula is C21H33N3O. The molecule has 0 amide bonds. The number of piperidine rings is 2. The van der Waals surface area contributed by atoms with E-state index in [2.05, 4.69) is 39.4 Å². The highest BCUT2D eigenvalue weighted by atomic mass is 16.3. The Morgan fingerprint density at radius 3 is 2.68 bits per heavy atom. The average Bonchev–Trinajstić information content (AvgIpc) is 3.12. The Morgan fingerprint density at radius 2 is 1.84 bits per heavy atom. The fourth-order valence-corrected chi connectivity index (χ4v) is 4.94. The van der Waals surface area contributed by atoms with Crippen LogP contribution < -0.4 is 5.32 Å². The van der Waals surface area contributed by atoms with Crippen molar-refractivity contribution in [1.29, 1.82) is 0 Å².